The summed E-state index contributed by atoms with van der Waals surface area (Å²) in [6, 6.07) is 0. The summed E-state index contributed by atoms with van der Waals surface area (Å²) in [4.78, 5) is 0. The second-order valence-electron chi connectivity index (χ2n) is 3.03. The lowest BCUT2D eigenvalue weighted by Gasteiger charge is -2.08. The summed E-state index contributed by atoms with van der Waals surface area (Å²) in [5.41, 5.74) is 0. The van der Waals surface area contributed by atoms with Crippen LogP contribution in [0.2, 0.25) is 0 Å². The molecule has 0 spiro atoms. The van der Waals surface area contributed by atoms with Crippen molar-refractivity contribution >= 4 is 11.8 Å². The third-order valence-electron chi connectivity index (χ3n) is 1.87. The van der Waals surface area contributed by atoms with E-state index in [1.165, 1.54) is 31.4 Å². The van der Waals surface area contributed by atoms with E-state index < -0.39 is 0 Å². The van der Waals surface area contributed by atoms with Gasteiger partial charge in [0.25, 0.3) is 0 Å². The molecule has 1 atom stereocenters. The molecule has 0 saturated heterocycles. The van der Waals surface area contributed by atoms with Crippen molar-refractivity contribution in [1.82, 2.24) is 0 Å². The quantitative estimate of drug-likeness (QED) is 0.572. The summed E-state index contributed by atoms with van der Waals surface area (Å²) in [6.07, 6.45) is 7.78. The number of rotatable bonds is 6. The van der Waals surface area contributed by atoms with E-state index in [2.05, 4.69) is 20.1 Å². The van der Waals surface area contributed by atoms with Crippen LogP contribution in [0.25, 0.3) is 0 Å². The Bertz CT molecular complexity index is 53.7. The van der Waals surface area contributed by atoms with Crippen LogP contribution >= 0.6 is 11.8 Å². The molecular formula is C9H20S. The minimum absolute atomic E-state index is 0.951. The van der Waals surface area contributed by atoms with E-state index in [4.69, 9.17) is 0 Å². The lowest BCUT2D eigenvalue weighted by Crippen LogP contribution is -1.95. The molecule has 0 aliphatic carbocycles. The molecule has 0 radical (unpaired) electrons. The molecule has 62 valence electrons. The molecule has 0 aromatic heterocycles. The highest BCUT2D eigenvalue weighted by atomic mass is 32.2. The SMILES string of the molecule is CCCC[C@H](C)CCSC. The number of hydrogen-bond acceptors (Lipinski definition) is 1. The van der Waals surface area contributed by atoms with Gasteiger partial charge >= 0.3 is 0 Å². The van der Waals surface area contributed by atoms with Crippen molar-refractivity contribution in [3.05, 3.63) is 0 Å². The number of unbranched alkanes of at least 4 members (excludes halogenated alkanes) is 1. The van der Waals surface area contributed by atoms with Crippen molar-refractivity contribution in [2.24, 2.45) is 5.92 Å². The second-order valence-corrected chi connectivity index (χ2v) is 4.01. The molecule has 0 bridgehead atoms. The minimum Gasteiger partial charge on any atom is -0.165 e. The van der Waals surface area contributed by atoms with Crippen LogP contribution in [0.3, 0.4) is 0 Å². The molecule has 0 saturated carbocycles. The number of thioether (sulfide) groups is 1. The van der Waals surface area contributed by atoms with Crippen molar-refractivity contribution in [1.29, 1.82) is 0 Å². The van der Waals surface area contributed by atoms with Crippen LogP contribution in [0, 0.1) is 5.92 Å². The average Bonchev–Trinajstić information content (AvgIpc) is 1.97. The monoisotopic (exact) mass is 160 g/mol. The molecule has 0 aromatic carbocycles. The Labute approximate surface area is 69.8 Å². The Balaban J connectivity index is 3.00. The molecule has 1 heteroatoms. The minimum atomic E-state index is 0.951. The lowest BCUT2D eigenvalue weighted by atomic mass is 10.0. The van der Waals surface area contributed by atoms with E-state index in [0.29, 0.717) is 0 Å². The van der Waals surface area contributed by atoms with Gasteiger partial charge in [-0.15, -0.1) is 0 Å². The molecule has 0 rings (SSSR count). The largest absolute Gasteiger partial charge is 0.165 e. The van der Waals surface area contributed by atoms with Gasteiger partial charge in [-0.25, -0.2) is 0 Å². The maximum Gasteiger partial charge on any atom is -0.00678 e. The van der Waals surface area contributed by atoms with Crippen molar-refractivity contribution < 1.29 is 0 Å². The lowest BCUT2D eigenvalue weighted by molar-refractivity contribution is 0.495. The molecule has 0 nitrogen and oxygen atoms in total. The molecule has 0 unspecified atom stereocenters. The highest BCUT2D eigenvalue weighted by Crippen LogP contribution is 2.13. The first-order valence-corrected chi connectivity index (χ1v) is 5.69. The molecule has 0 fully saturated rings. The van der Waals surface area contributed by atoms with E-state index in [1.54, 1.807) is 0 Å². The van der Waals surface area contributed by atoms with Crippen molar-refractivity contribution in [2.45, 2.75) is 39.5 Å². The summed E-state index contributed by atoms with van der Waals surface area (Å²) in [7, 11) is 0. The van der Waals surface area contributed by atoms with Gasteiger partial charge in [-0.2, -0.15) is 11.8 Å². The zero-order chi connectivity index (χ0) is 7.82. The Morgan fingerprint density at radius 1 is 1.30 bits per heavy atom. The van der Waals surface area contributed by atoms with Gasteiger partial charge in [-0.3, -0.25) is 0 Å². The highest BCUT2D eigenvalue weighted by molar-refractivity contribution is 7.98. The molecule has 0 aliphatic heterocycles. The second kappa shape index (κ2) is 7.46. The highest BCUT2D eigenvalue weighted by Gasteiger charge is 1.99. The molecule has 0 heterocycles. The smallest absolute Gasteiger partial charge is 0.00678 e. The third kappa shape index (κ3) is 6.47. The van der Waals surface area contributed by atoms with E-state index in [9.17, 15) is 0 Å². The predicted molar refractivity (Wildman–Crippen MR) is 51.7 cm³/mol. The molecule has 0 N–H and O–H groups in total. The zero-order valence-corrected chi connectivity index (χ0v) is 8.34. The summed E-state index contributed by atoms with van der Waals surface area (Å²) < 4.78 is 0. The first-order valence-electron chi connectivity index (χ1n) is 4.30. The Kier molecular flexibility index (Phi) is 7.72. The summed E-state index contributed by atoms with van der Waals surface area (Å²) >= 11 is 1.96. The van der Waals surface area contributed by atoms with Gasteiger partial charge in [0, 0.05) is 0 Å². The van der Waals surface area contributed by atoms with Gasteiger partial charge in [0.05, 0.1) is 0 Å². The maximum absolute atomic E-state index is 2.37. The molecule has 0 amide bonds. The third-order valence-corrected chi connectivity index (χ3v) is 2.51. The summed E-state index contributed by atoms with van der Waals surface area (Å²) in [5.74, 6) is 2.29. The molecule has 0 aliphatic rings. The molecule has 0 aromatic rings. The van der Waals surface area contributed by atoms with Crippen LogP contribution in [0.1, 0.15) is 39.5 Å². The predicted octanol–water partition coefficient (Wildman–Crippen LogP) is 3.57. The normalized spacial score (nSPS) is 13.5. The van der Waals surface area contributed by atoms with Gasteiger partial charge in [0.2, 0.25) is 0 Å². The first kappa shape index (κ1) is 10.3. The standard InChI is InChI=1S/C9H20S/c1-4-5-6-9(2)7-8-10-3/h9H,4-8H2,1-3H3/t9-/m0/s1. The fraction of sp³-hybridized carbons (Fsp3) is 1.00. The van der Waals surface area contributed by atoms with E-state index in [1.807, 2.05) is 11.8 Å². The van der Waals surface area contributed by atoms with Crippen LogP contribution in [0.4, 0.5) is 0 Å². The summed E-state index contributed by atoms with van der Waals surface area (Å²) in [6.45, 7) is 4.63. The summed E-state index contributed by atoms with van der Waals surface area (Å²) in [5, 5.41) is 0. The van der Waals surface area contributed by atoms with E-state index in [-0.39, 0.29) is 0 Å². The van der Waals surface area contributed by atoms with Crippen LogP contribution in [0.15, 0.2) is 0 Å². The first-order chi connectivity index (χ1) is 4.81. The molecular weight excluding hydrogens is 140 g/mol. The average molecular weight is 160 g/mol. The Morgan fingerprint density at radius 2 is 2.00 bits per heavy atom. The van der Waals surface area contributed by atoms with Gasteiger partial charge in [-0.1, -0.05) is 33.1 Å². The van der Waals surface area contributed by atoms with Crippen molar-refractivity contribution in [3.63, 3.8) is 0 Å². The van der Waals surface area contributed by atoms with Crippen LogP contribution < -0.4 is 0 Å². The molecule has 10 heavy (non-hydrogen) atoms. The van der Waals surface area contributed by atoms with Crippen LogP contribution in [-0.2, 0) is 0 Å². The van der Waals surface area contributed by atoms with Crippen LogP contribution in [0.5, 0.6) is 0 Å². The fourth-order valence-corrected chi connectivity index (χ4v) is 1.65. The zero-order valence-electron chi connectivity index (χ0n) is 7.52. The van der Waals surface area contributed by atoms with Crippen LogP contribution in [-0.4, -0.2) is 12.0 Å². The fourth-order valence-electron chi connectivity index (χ4n) is 1.02. The number of hydrogen-bond donors (Lipinski definition) is 0. The van der Waals surface area contributed by atoms with E-state index in [0.717, 1.165) is 5.92 Å². The van der Waals surface area contributed by atoms with Gasteiger partial charge in [0.15, 0.2) is 0 Å². The topological polar surface area (TPSA) is 0 Å². The Morgan fingerprint density at radius 3 is 2.50 bits per heavy atom. The van der Waals surface area contributed by atoms with Gasteiger partial charge in [0.1, 0.15) is 0 Å². The Hall–Kier alpha value is 0.350. The maximum atomic E-state index is 2.37. The van der Waals surface area contributed by atoms with Gasteiger partial charge in [-0.05, 0) is 24.3 Å². The van der Waals surface area contributed by atoms with E-state index >= 15 is 0 Å². The van der Waals surface area contributed by atoms with Crippen molar-refractivity contribution in [2.75, 3.05) is 12.0 Å². The van der Waals surface area contributed by atoms with Gasteiger partial charge < -0.3 is 0 Å². The van der Waals surface area contributed by atoms with Crippen molar-refractivity contribution in [3.8, 4) is 0 Å².